The summed E-state index contributed by atoms with van der Waals surface area (Å²) in [7, 11) is -3.74. The van der Waals surface area contributed by atoms with Crippen LogP contribution in [0.4, 0.5) is 13.2 Å². The van der Waals surface area contributed by atoms with Gasteiger partial charge in [0.2, 0.25) is 10.0 Å². The first-order valence-electron chi connectivity index (χ1n) is 7.28. The van der Waals surface area contributed by atoms with Gasteiger partial charge in [0.25, 0.3) is 0 Å². The van der Waals surface area contributed by atoms with Gasteiger partial charge in [-0.1, -0.05) is 39.0 Å². The molecule has 0 fully saturated rings. The summed E-state index contributed by atoms with van der Waals surface area (Å²) in [5.74, 6) is -0.482. The molecule has 0 aromatic heterocycles. The van der Waals surface area contributed by atoms with Crippen LogP contribution in [0.25, 0.3) is 0 Å². The number of hydrogen-bond donors (Lipinski definition) is 1. The Bertz CT molecular complexity index is 644. The van der Waals surface area contributed by atoms with E-state index in [1.165, 1.54) is 12.1 Å². The summed E-state index contributed by atoms with van der Waals surface area (Å²) >= 11 is 0. The normalized spacial score (nSPS) is 14.1. The van der Waals surface area contributed by atoms with Crippen LogP contribution in [0.1, 0.15) is 52.2 Å². The summed E-state index contributed by atoms with van der Waals surface area (Å²) in [4.78, 5) is 0. The minimum absolute atomic E-state index is 0.0811. The number of sulfonamides is 1. The van der Waals surface area contributed by atoms with Crippen LogP contribution in [0.3, 0.4) is 0 Å². The molecule has 1 rings (SSSR count). The molecule has 1 aromatic rings. The number of hydrogen-bond acceptors (Lipinski definition) is 2. The number of rotatable bonds is 5. The van der Waals surface area contributed by atoms with Crippen molar-refractivity contribution >= 4 is 10.0 Å². The van der Waals surface area contributed by atoms with Gasteiger partial charge in [0.15, 0.2) is 0 Å². The second-order valence-corrected chi connectivity index (χ2v) is 9.40. The fraction of sp³-hybridized carbons (Fsp3) is 0.625. The van der Waals surface area contributed by atoms with Crippen molar-refractivity contribution in [3.05, 3.63) is 35.4 Å². The van der Waals surface area contributed by atoms with Crippen LogP contribution in [0, 0.1) is 5.41 Å². The Morgan fingerprint density at radius 2 is 1.61 bits per heavy atom. The molecule has 0 amide bonds. The number of alkyl halides is 3. The molecule has 0 radical (unpaired) electrons. The van der Waals surface area contributed by atoms with Crippen LogP contribution in [0.2, 0.25) is 0 Å². The first-order valence-corrected chi connectivity index (χ1v) is 8.93. The fourth-order valence-corrected chi connectivity index (χ4v) is 4.48. The van der Waals surface area contributed by atoms with Crippen molar-refractivity contribution in [2.24, 2.45) is 5.41 Å². The smallest absolute Gasteiger partial charge is 0.212 e. The third-order valence-corrected chi connectivity index (χ3v) is 4.59. The van der Waals surface area contributed by atoms with E-state index in [0.717, 1.165) is 12.1 Å². The van der Waals surface area contributed by atoms with Gasteiger partial charge in [-0.15, -0.1) is 0 Å². The van der Waals surface area contributed by atoms with Gasteiger partial charge < -0.3 is 0 Å². The van der Waals surface area contributed by atoms with Gasteiger partial charge in [-0.3, -0.25) is 0 Å². The van der Waals surface area contributed by atoms with E-state index in [9.17, 15) is 21.6 Å². The topological polar surface area (TPSA) is 46.2 Å². The Morgan fingerprint density at radius 1 is 1.04 bits per heavy atom. The Morgan fingerprint density at radius 3 is 2.09 bits per heavy atom. The van der Waals surface area contributed by atoms with Crippen molar-refractivity contribution in [1.29, 1.82) is 0 Å². The molecule has 0 aliphatic carbocycles. The lowest BCUT2D eigenvalue weighted by Crippen LogP contribution is -2.46. The zero-order valence-electron chi connectivity index (χ0n) is 14.1. The summed E-state index contributed by atoms with van der Waals surface area (Å²) < 4.78 is 65.2. The van der Waals surface area contributed by atoms with Gasteiger partial charge in [0, 0.05) is 5.54 Å². The molecule has 1 aromatic carbocycles. The molecule has 1 N–H and O–H groups in total. The van der Waals surface area contributed by atoms with Gasteiger partial charge in [0.1, 0.15) is 0 Å². The third-order valence-electron chi connectivity index (χ3n) is 3.02. The molecule has 7 heteroatoms. The SMILES string of the molecule is CC(C)(C)CC(C)(C)NS(=O)(=O)Cc1cccc(C(F)(F)F)c1. The fourth-order valence-electron chi connectivity index (χ4n) is 2.88. The maximum Gasteiger partial charge on any atom is 0.416 e. The lowest BCUT2D eigenvalue weighted by atomic mass is 9.82. The van der Waals surface area contributed by atoms with E-state index >= 15 is 0 Å². The standard InChI is InChI=1S/C16H24F3NO2S/c1-14(2,3)11-15(4,5)20-23(21,22)10-12-7-6-8-13(9-12)16(17,18)19/h6-9,20H,10-11H2,1-5H3. The maximum absolute atomic E-state index is 12.7. The van der Waals surface area contributed by atoms with Crippen molar-refractivity contribution < 1.29 is 21.6 Å². The highest BCUT2D eigenvalue weighted by Crippen LogP contribution is 2.30. The quantitative estimate of drug-likeness (QED) is 0.858. The largest absolute Gasteiger partial charge is 0.416 e. The van der Waals surface area contributed by atoms with Crippen LogP contribution in [0.15, 0.2) is 24.3 Å². The van der Waals surface area contributed by atoms with Crippen molar-refractivity contribution in [3.63, 3.8) is 0 Å². The van der Waals surface area contributed by atoms with Crippen molar-refractivity contribution in [3.8, 4) is 0 Å². The Hall–Kier alpha value is -1.08. The monoisotopic (exact) mass is 351 g/mol. The summed E-state index contributed by atoms with van der Waals surface area (Å²) in [6.07, 6.45) is -3.89. The summed E-state index contributed by atoms with van der Waals surface area (Å²) in [6.45, 7) is 9.52. The minimum atomic E-state index is -4.49. The summed E-state index contributed by atoms with van der Waals surface area (Å²) in [5.41, 5.74) is -1.50. The molecule has 0 saturated carbocycles. The van der Waals surface area contributed by atoms with Crippen LogP contribution in [0.5, 0.6) is 0 Å². The van der Waals surface area contributed by atoms with Gasteiger partial charge >= 0.3 is 6.18 Å². The van der Waals surface area contributed by atoms with Crippen LogP contribution < -0.4 is 4.72 Å². The van der Waals surface area contributed by atoms with Crippen LogP contribution >= 0.6 is 0 Å². The summed E-state index contributed by atoms with van der Waals surface area (Å²) in [6, 6.07) is 4.39. The Kier molecular flexibility index (Phi) is 5.58. The summed E-state index contributed by atoms with van der Waals surface area (Å²) in [5, 5.41) is 0. The van der Waals surface area contributed by atoms with Gasteiger partial charge in [-0.05, 0) is 37.3 Å². The lowest BCUT2D eigenvalue weighted by Gasteiger charge is -2.33. The average molecular weight is 351 g/mol. The van der Waals surface area contributed by atoms with E-state index in [1.54, 1.807) is 13.8 Å². The molecular weight excluding hydrogens is 327 g/mol. The number of nitrogens with one attached hydrogen (secondary N) is 1. The molecule has 0 atom stereocenters. The average Bonchev–Trinajstić information content (AvgIpc) is 2.21. The molecule has 0 spiro atoms. The van der Waals surface area contributed by atoms with Gasteiger partial charge in [0.05, 0.1) is 11.3 Å². The second-order valence-electron chi connectivity index (χ2n) is 7.68. The van der Waals surface area contributed by atoms with E-state index in [4.69, 9.17) is 0 Å². The minimum Gasteiger partial charge on any atom is -0.212 e. The van der Waals surface area contributed by atoms with Crippen molar-refractivity contribution in [2.45, 2.75) is 58.5 Å². The zero-order valence-corrected chi connectivity index (χ0v) is 14.9. The zero-order chi connectivity index (χ0) is 18.1. The van der Waals surface area contributed by atoms with E-state index in [0.29, 0.717) is 6.42 Å². The van der Waals surface area contributed by atoms with E-state index in [1.807, 2.05) is 20.8 Å². The first-order chi connectivity index (χ1) is 10.1. The molecule has 0 aliphatic heterocycles. The molecule has 0 saturated heterocycles. The van der Waals surface area contributed by atoms with Crippen LogP contribution in [-0.2, 0) is 22.0 Å². The maximum atomic E-state index is 12.7. The molecule has 23 heavy (non-hydrogen) atoms. The van der Waals surface area contributed by atoms with Gasteiger partial charge in [-0.2, -0.15) is 13.2 Å². The Labute approximate surface area is 136 Å². The van der Waals surface area contributed by atoms with E-state index < -0.39 is 33.1 Å². The highest BCUT2D eigenvalue weighted by Gasteiger charge is 2.32. The molecule has 0 bridgehead atoms. The Balaban J connectivity index is 2.91. The highest BCUT2D eigenvalue weighted by molar-refractivity contribution is 7.88. The molecular formula is C16H24F3NO2S. The highest BCUT2D eigenvalue weighted by atomic mass is 32.2. The predicted molar refractivity (Wildman–Crippen MR) is 85.4 cm³/mol. The number of halogens is 3. The van der Waals surface area contributed by atoms with Crippen LogP contribution in [-0.4, -0.2) is 14.0 Å². The second kappa shape index (κ2) is 6.43. The molecule has 0 heterocycles. The number of benzene rings is 1. The molecule has 0 aliphatic rings. The molecule has 0 unspecified atom stereocenters. The van der Waals surface area contributed by atoms with Gasteiger partial charge in [-0.25, -0.2) is 13.1 Å². The predicted octanol–water partition coefficient (Wildman–Crippen LogP) is 4.34. The lowest BCUT2D eigenvalue weighted by molar-refractivity contribution is -0.137. The molecule has 132 valence electrons. The van der Waals surface area contributed by atoms with Crippen molar-refractivity contribution in [2.75, 3.05) is 0 Å². The van der Waals surface area contributed by atoms with Crippen molar-refractivity contribution in [1.82, 2.24) is 4.72 Å². The third kappa shape index (κ3) is 7.35. The first kappa shape index (κ1) is 20.0. The molecule has 3 nitrogen and oxygen atoms in total. The van der Waals surface area contributed by atoms with E-state index in [-0.39, 0.29) is 11.0 Å². The van der Waals surface area contributed by atoms with E-state index in [2.05, 4.69) is 4.72 Å².